The van der Waals surface area contributed by atoms with Gasteiger partial charge in [0, 0.05) is 21.7 Å². The van der Waals surface area contributed by atoms with Crippen LogP contribution in [0.2, 0.25) is 10.0 Å². The number of nitrogens with zero attached hydrogens (tertiary/aromatic N) is 2. The van der Waals surface area contributed by atoms with Crippen LogP contribution in [0.1, 0.15) is 11.1 Å². The van der Waals surface area contributed by atoms with E-state index in [1.54, 1.807) is 25.1 Å². The highest BCUT2D eigenvalue weighted by Gasteiger charge is 2.39. The highest BCUT2D eigenvalue weighted by molar-refractivity contribution is 7.22. The molecule has 0 aliphatic rings. The van der Waals surface area contributed by atoms with Crippen LogP contribution >= 0.6 is 34.5 Å². The first-order chi connectivity index (χ1) is 16.4. The Morgan fingerprint density at radius 1 is 1.20 bits per heavy atom. The highest BCUT2D eigenvalue weighted by atomic mass is 35.5. The molecular weight excluding hydrogens is 530 g/mol. The van der Waals surface area contributed by atoms with E-state index in [0.29, 0.717) is 31.3 Å². The molecule has 184 valence electrons. The number of aryl methyl sites for hydroxylation is 2. The van der Waals surface area contributed by atoms with Gasteiger partial charge in [-0.05, 0) is 49.2 Å². The van der Waals surface area contributed by atoms with Gasteiger partial charge in [-0.25, -0.2) is 9.78 Å². The number of aromatic nitrogens is 3. The van der Waals surface area contributed by atoms with Crippen LogP contribution in [0.15, 0.2) is 40.1 Å². The van der Waals surface area contributed by atoms with E-state index in [1.807, 2.05) is 11.9 Å². The zero-order valence-corrected chi connectivity index (χ0v) is 20.4. The number of alkyl halides is 3. The number of H-pyrrole nitrogens is 1. The summed E-state index contributed by atoms with van der Waals surface area (Å²) < 4.78 is 45.1. The fraction of sp³-hybridized carbons (Fsp3) is 0.227. The van der Waals surface area contributed by atoms with Crippen molar-refractivity contribution in [2.75, 3.05) is 0 Å². The fourth-order valence-electron chi connectivity index (χ4n) is 3.41. The summed E-state index contributed by atoms with van der Waals surface area (Å²) in [4.78, 5) is 31.4. The number of benzene rings is 1. The molecule has 0 aliphatic carbocycles. The van der Waals surface area contributed by atoms with Crippen LogP contribution in [0.3, 0.4) is 0 Å². The average molecular weight is 546 g/mol. The first-order valence-electron chi connectivity index (χ1n) is 9.97. The van der Waals surface area contributed by atoms with Gasteiger partial charge in [-0.1, -0.05) is 23.2 Å². The molecule has 0 bridgehead atoms. The average Bonchev–Trinajstić information content (AvgIpc) is 3.11. The van der Waals surface area contributed by atoms with Crippen molar-refractivity contribution >= 4 is 44.8 Å². The maximum absolute atomic E-state index is 12.9. The first-order valence-corrected chi connectivity index (χ1v) is 11.5. The molecule has 4 rings (SSSR count). The Morgan fingerprint density at radius 2 is 1.91 bits per heavy atom. The minimum atomic E-state index is -4.94. The SMILES string of the molecule is Cc1cc(Oc2ncc(-c3sc4c(c3C)c(=O)[nH]c(=O)n4C[C@@H](O)C(F)(F)F)cc2Cl)ccc1Cl. The van der Waals surface area contributed by atoms with Crippen molar-refractivity contribution in [3.05, 3.63) is 72.5 Å². The summed E-state index contributed by atoms with van der Waals surface area (Å²) in [5.74, 6) is 0.574. The molecule has 2 N–H and O–H groups in total. The number of fused-ring (bicyclic) bond motifs is 1. The highest BCUT2D eigenvalue weighted by Crippen LogP contribution is 2.39. The van der Waals surface area contributed by atoms with Crippen molar-refractivity contribution in [1.29, 1.82) is 0 Å². The number of aliphatic hydroxyl groups excluding tert-OH is 1. The van der Waals surface area contributed by atoms with Gasteiger partial charge in [-0.3, -0.25) is 14.3 Å². The molecule has 0 amide bonds. The minimum absolute atomic E-state index is 0.0114. The van der Waals surface area contributed by atoms with Crippen molar-refractivity contribution in [2.24, 2.45) is 0 Å². The Hall–Kier alpha value is -2.86. The number of rotatable bonds is 5. The van der Waals surface area contributed by atoms with Crippen LogP contribution in [0.25, 0.3) is 20.7 Å². The lowest BCUT2D eigenvalue weighted by molar-refractivity contribution is -0.207. The van der Waals surface area contributed by atoms with Crippen LogP contribution in [-0.2, 0) is 6.54 Å². The number of aliphatic hydroxyl groups is 1. The summed E-state index contributed by atoms with van der Waals surface area (Å²) in [6, 6.07) is 6.57. The smallest absolute Gasteiger partial charge is 0.416 e. The van der Waals surface area contributed by atoms with Crippen LogP contribution in [0.4, 0.5) is 13.2 Å². The molecule has 0 saturated carbocycles. The monoisotopic (exact) mass is 545 g/mol. The fourth-order valence-corrected chi connectivity index (χ4v) is 5.03. The molecule has 3 aromatic heterocycles. The Bertz CT molecular complexity index is 1560. The predicted octanol–water partition coefficient (Wildman–Crippen LogP) is 5.45. The van der Waals surface area contributed by atoms with Crippen LogP contribution < -0.4 is 16.0 Å². The zero-order valence-electron chi connectivity index (χ0n) is 18.0. The van der Waals surface area contributed by atoms with Gasteiger partial charge >= 0.3 is 11.9 Å². The second-order valence-corrected chi connectivity index (χ2v) is 9.50. The molecular formula is C22H16Cl2F3N3O4S. The molecule has 4 aromatic rings. The van der Waals surface area contributed by atoms with Gasteiger partial charge in [0.2, 0.25) is 5.88 Å². The Kier molecular flexibility index (Phi) is 6.71. The van der Waals surface area contributed by atoms with Crippen molar-refractivity contribution < 1.29 is 23.0 Å². The summed E-state index contributed by atoms with van der Waals surface area (Å²) in [6.45, 7) is 2.33. The maximum atomic E-state index is 12.9. The van der Waals surface area contributed by atoms with Crippen molar-refractivity contribution in [2.45, 2.75) is 32.7 Å². The second kappa shape index (κ2) is 9.30. The molecule has 0 aliphatic heterocycles. The molecule has 35 heavy (non-hydrogen) atoms. The topological polar surface area (TPSA) is 97.2 Å². The maximum Gasteiger partial charge on any atom is 0.416 e. The molecule has 1 aromatic carbocycles. The molecule has 0 saturated heterocycles. The van der Waals surface area contributed by atoms with Gasteiger partial charge < -0.3 is 9.84 Å². The number of nitrogens with one attached hydrogen (secondary N) is 1. The van der Waals surface area contributed by atoms with Crippen molar-refractivity contribution in [1.82, 2.24) is 14.5 Å². The van der Waals surface area contributed by atoms with E-state index in [0.717, 1.165) is 16.9 Å². The van der Waals surface area contributed by atoms with Gasteiger partial charge in [0.1, 0.15) is 15.6 Å². The summed E-state index contributed by atoms with van der Waals surface area (Å²) in [5.41, 5.74) is -0.134. The van der Waals surface area contributed by atoms with Gasteiger partial charge in [-0.15, -0.1) is 11.3 Å². The van der Waals surface area contributed by atoms with E-state index in [9.17, 15) is 27.9 Å². The normalized spacial score (nSPS) is 12.8. The van der Waals surface area contributed by atoms with E-state index in [-0.39, 0.29) is 21.1 Å². The molecule has 1 atom stereocenters. The number of aromatic amines is 1. The molecule has 0 radical (unpaired) electrons. The lowest BCUT2D eigenvalue weighted by atomic mass is 10.1. The number of hydrogen-bond donors (Lipinski definition) is 2. The largest absolute Gasteiger partial charge is 0.438 e. The molecule has 0 fully saturated rings. The third-order valence-corrected chi connectivity index (χ3v) is 7.27. The number of thiophene rings is 1. The van der Waals surface area contributed by atoms with Gasteiger partial charge in [-0.2, -0.15) is 13.2 Å². The van der Waals surface area contributed by atoms with Gasteiger partial charge in [0.05, 0.1) is 11.9 Å². The Balaban J connectivity index is 1.76. The minimum Gasteiger partial charge on any atom is -0.438 e. The molecule has 13 heteroatoms. The van der Waals surface area contributed by atoms with E-state index in [1.165, 1.54) is 12.3 Å². The van der Waals surface area contributed by atoms with E-state index < -0.39 is 30.1 Å². The Labute approximate surface area is 209 Å². The second-order valence-electron chi connectivity index (χ2n) is 7.69. The van der Waals surface area contributed by atoms with Crippen molar-refractivity contribution in [3.63, 3.8) is 0 Å². The van der Waals surface area contributed by atoms with Gasteiger partial charge in [0.15, 0.2) is 6.10 Å². The Morgan fingerprint density at radius 3 is 2.54 bits per heavy atom. The summed E-state index contributed by atoms with van der Waals surface area (Å²) in [5, 5.41) is 10.2. The van der Waals surface area contributed by atoms with Crippen molar-refractivity contribution in [3.8, 4) is 22.1 Å². The van der Waals surface area contributed by atoms with Crippen LogP contribution in [-0.4, -0.2) is 31.9 Å². The number of halogens is 5. The number of pyridine rings is 1. The number of hydrogen-bond acceptors (Lipinski definition) is 6. The van der Waals surface area contributed by atoms with Crippen LogP contribution in [0.5, 0.6) is 11.6 Å². The van der Waals surface area contributed by atoms with Gasteiger partial charge in [0.25, 0.3) is 5.56 Å². The quantitative estimate of drug-likeness (QED) is 0.347. The summed E-state index contributed by atoms with van der Waals surface area (Å²) in [7, 11) is 0. The van der Waals surface area contributed by atoms with Crippen LogP contribution in [0, 0.1) is 13.8 Å². The summed E-state index contributed by atoms with van der Waals surface area (Å²) in [6.07, 6.45) is -6.29. The molecule has 7 nitrogen and oxygen atoms in total. The molecule has 3 heterocycles. The summed E-state index contributed by atoms with van der Waals surface area (Å²) >= 11 is 13.3. The third kappa shape index (κ3) is 4.94. The lowest BCUT2D eigenvalue weighted by Gasteiger charge is -2.15. The predicted molar refractivity (Wildman–Crippen MR) is 128 cm³/mol. The molecule has 0 unspecified atom stereocenters. The number of ether oxygens (including phenoxy) is 1. The van der Waals surface area contributed by atoms with E-state index >= 15 is 0 Å². The van der Waals surface area contributed by atoms with E-state index in [2.05, 4.69) is 4.98 Å². The third-order valence-electron chi connectivity index (χ3n) is 5.21. The van der Waals surface area contributed by atoms with E-state index in [4.69, 9.17) is 27.9 Å². The molecule has 0 spiro atoms. The lowest BCUT2D eigenvalue weighted by Crippen LogP contribution is -2.38. The zero-order chi connectivity index (χ0) is 25.7. The first kappa shape index (κ1) is 25.2. The standard InChI is InChI=1S/C22H16Cl2F3N3O4S/c1-9-5-12(3-4-13(9)23)34-19-14(24)6-11(7-28-19)17-10(2)16-18(32)29-21(33)30(20(16)35-17)8-15(31)22(25,26)27/h3-7,15,31H,8H2,1-2H3,(H,29,32,33)/t15-/m1/s1.